The Morgan fingerprint density at radius 1 is 1.17 bits per heavy atom. The van der Waals surface area contributed by atoms with Crippen LogP contribution >= 0.6 is 11.6 Å². The molecule has 5 nitrogen and oxygen atoms in total. The van der Waals surface area contributed by atoms with Gasteiger partial charge in [-0.15, -0.1) is 0 Å². The summed E-state index contributed by atoms with van der Waals surface area (Å²) in [4.78, 5) is 23.7. The largest absolute Gasteiger partial charge is 0.342 e. The van der Waals surface area contributed by atoms with Crippen molar-refractivity contribution in [3.8, 4) is 11.3 Å². The van der Waals surface area contributed by atoms with E-state index in [0.29, 0.717) is 17.6 Å². The van der Waals surface area contributed by atoms with Crippen LogP contribution in [0, 0.1) is 5.92 Å². The second-order valence-corrected chi connectivity index (χ2v) is 7.83. The predicted octanol–water partition coefficient (Wildman–Crippen LogP) is 4.43. The average molecular weight is 407 g/mol. The van der Waals surface area contributed by atoms with Gasteiger partial charge in [0.25, 0.3) is 5.56 Å². The van der Waals surface area contributed by atoms with Crippen LogP contribution < -0.4 is 10.5 Å². The van der Waals surface area contributed by atoms with Crippen molar-refractivity contribution in [1.29, 1.82) is 0 Å². The summed E-state index contributed by atoms with van der Waals surface area (Å²) in [5, 5.41) is 0.721. The minimum Gasteiger partial charge on any atom is -0.342 e. The van der Waals surface area contributed by atoms with Crippen LogP contribution in [0.1, 0.15) is 18.4 Å². The van der Waals surface area contributed by atoms with Gasteiger partial charge in [-0.3, -0.25) is 14.3 Å². The van der Waals surface area contributed by atoms with Gasteiger partial charge in [0.1, 0.15) is 0 Å². The smallest absolute Gasteiger partial charge is 0.255 e. The van der Waals surface area contributed by atoms with E-state index in [9.17, 15) is 4.79 Å². The number of halogens is 1. The monoisotopic (exact) mass is 406 g/mol. The topological polar surface area (TPSA) is 51.0 Å². The molecule has 0 bridgehead atoms. The molecule has 0 N–H and O–H groups in total. The molecule has 3 heterocycles. The van der Waals surface area contributed by atoms with E-state index < -0.39 is 0 Å². The number of anilines is 1. The zero-order valence-electron chi connectivity index (χ0n) is 16.4. The lowest BCUT2D eigenvalue weighted by atomic mass is 9.87. The summed E-state index contributed by atoms with van der Waals surface area (Å²) in [6.45, 7) is 5.99. The summed E-state index contributed by atoms with van der Waals surface area (Å²) >= 11 is 6.02. The molecule has 29 heavy (non-hydrogen) atoms. The van der Waals surface area contributed by atoms with E-state index in [1.807, 2.05) is 36.4 Å². The highest BCUT2D eigenvalue weighted by Gasteiger charge is 2.25. The summed E-state index contributed by atoms with van der Waals surface area (Å²) in [6, 6.07) is 13.1. The normalized spacial score (nSPS) is 16.6. The molecule has 0 radical (unpaired) electrons. The molecule has 1 aliphatic rings. The maximum Gasteiger partial charge on any atom is 0.255 e. The number of piperidine rings is 1. The first kappa shape index (κ1) is 19.4. The maximum absolute atomic E-state index is 12.6. The van der Waals surface area contributed by atoms with Crippen LogP contribution in [0.15, 0.2) is 66.2 Å². The lowest BCUT2D eigenvalue weighted by Crippen LogP contribution is -2.39. The summed E-state index contributed by atoms with van der Waals surface area (Å²) < 4.78 is 1.62. The number of nitrogens with zero attached hydrogens (tertiary/aromatic N) is 4. The van der Waals surface area contributed by atoms with E-state index in [0.717, 1.165) is 47.7 Å². The lowest BCUT2D eigenvalue weighted by molar-refractivity contribution is 0.484. The van der Waals surface area contributed by atoms with Crippen molar-refractivity contribution in [2.24, 2.45) is 13.0 Å². The second kappa shape index (κ2) is 8.21. The van der Waals surface area contributed by atoms with Gasteiger partial charge in [0.15, 0.2) is 0 Å². The zero-order valence-corrected chi connectivity index (χ0v) is 17.1. The molecule has 4 rings (SSSR count). The van der Waals surface area contributed by atoms with Gasteiger partial charge in [-0.05, 0) is 48.2 Å². The van der Waals surface area contributed by atoms with Crippen LogP contribution in [0.3, 0.4) is 0 Å². The molecule has 148 valence electrons. The highest BCUT2D eigenvalue weighted by Crippen LogP contribution is 2.32. The first-order chi connectivity index (χ1) is 14.0. The molecule has 1 saturated heterocycles. The molecule has 0 saturated carbocycles. The molecular formula is C23H23ClN4O. The van der Waals surface area contributed by atoms with Gasteiger partial charge >= 0.3 is 0 Å². The van der Waals surface area contributed by atoms with Crippen LogP contribution in [0.4, 0.5) is 5.95 Å². The molecule has 0 aliphatic carbocycles. The van der Waals surface area contributed by atoms with Crippen molar-refractivity contribution < 1.29 is 0 Å². The Kier molecular flexibility index (Phi) is 5.49. The van der Waals surface area contributed by atoms with Crippen molar-refractivity contribution in [2.75, 3.05) is 18.0 Å². The van der Waals surface area contributed by atoms with Crippen LogP contribution in [0.25, 0.3) is 16.8 Å². The van der Waals surface area contributed by atoms with Crippen molar-refractivity contribution in [3.63, 3.8) is 0 Å². The van der Waals surface area contributed by atoms with E-state index in [-0.39, 0.29) is 5.56 Å². The number of pyridine rings is 1. The third-order valence-corrected chi connectivity index (χ3v) is 5.75. The molecular weight excluding hydrogens is 384 g/mol. The Labute approximate surface area is 175 Å². The van der Waals surface area contributed by atoms with Gasteiger partial charge in [-0.1, -0.05) is 30.3 Å². The Bertz CT molecular complexity index is 1080. The van der Waals surface area contributed by atoms with E-state index in [2.05, 4.69) is 16.5 Å². The number of hydrogen-bond acceptors (Lipinski definition) is 4. The van der Waals surface area contributed by atoms with E-state index >= 15 is 0 Å². The van der Waals surface area contributed by atoms with Crippen LogP contribution in [-0.4, -0.2) is 27.6 Å². The van der Waals surface area contributed by atoms with Crippen molar-refractivity contribution in [3.05, 3.63) is 82.4 Å². The van der Waals surface area contributed by atoms with Crippen LogP contribution in [-0.2, 0) is 7.05 Å². The molecule has 0 amide bonds. The number of benzene rings is 1. The molecule has 1 aromatic carbocycles. The van der Waals surface area contributed by atoms with Gasteiger partial charge in [-0.2, -0.15) is 0 Å². The Hall–Kier alpha value is -2.92. The van der Waals surface area contributed by atoms with Gasteiger partial charge < -0.3 is 4.90 Å². The minimum atomic E-state index is -0.0690. The highest BCUT2D eigenvalue weighted by molar-refractivity contribution is 6.30. The summed E-state index contributed by atoms with van der Waals surface area (Å²) in [7, 11) is 1.78. The summed E-state index contributed by atoms with van der Waals surface area (Å²) in [6.07, 6.45) is 5.50. The zero-order chi connectivity index (χ0) is 20.4. The molecule has 1 atom stereocenters. The Balaban J connectivity index is 1.63. The van der Waals surface area contributed by atoms with Gasteiger partial charge in [0.05, 0.1) is 5.69 Å². The summed E-state index contributed by atoms with van der Waals surface area (Å²) in [5.74, 6) is 0.990. The Morgan fingerprint density at radius 2 is 1.90 bits per heavy atom. The highest BCUT2D eigenvalue weighted by atomic mass is 35.5. The molecule has 1 fully saturated rings. The lowest BCUT2D eigenvalue weighted by Gasteiger charge is -2.35. The van der Waals surface area contributed by atoms with Crippen LogP contribution in [0.5, 0.6) is 0 Å². The third-order valence-electron chi connectivity index (χ3n) is 5.50. The molecule has 3 aromatic rings. The quantitative estimate of drug-likeness (QED) is 0.643. The Morgan fingerprint density at radius 3 is 2.62 bits per heavy atom. The maximum atomic E-state index is 12.6. The molecule has 2 aromatic heterocycles. The number of rotatable bonds is 4. The first-order valence-electron chi connectivity index (χ1n) is 9.71. The fraction of sp³-hybridized carbons (Fsp3) is 0.261. The molecule has 6 heteroatoms. The van der Waals surface area contributed by atoms with Gasteiger partial charge in [0, 0.05) is 55.1 Å². The number of aromatic nitrogens is 3. The summed E-state index contributed by atoms with van der Waals surface area (Å²) in [5.41, 5.74) is 3.69. The molecule has 0 spiro atoms. The van der Waals surface area contributed by atoms with Gasteiger partial charge in [-0.25, -0.2) is 4.98 Å². The van der Waals surface area contributed by atoms with E-state index in [1.54, 1.807) is 30.1 Å². The molecule has 1 unspecified atom stereocenters. The SMILES string of the molecule is C=C(c1ccc(Cl)cc1)C1CCCN(c2nc(-c3ccncc3)cc(=O)n2C)C1. The second-order valence-electron chi connectivity index (χ2n) is 7.39. The standard InChI is InChI=1S/C23H23ClN4O/c1-16(17-5-7-20(24)8-6-17)19-4-3-13-28(15-19)23-26-21(14-22(29)27(23)2)18-9-11-25-12-10-18/h5-12,14,19H,1,3-4,13,15H2,2H3. The van der Waals surface area contributed by atoms with Crippen molar-refractivity contribution in [2.45, 2.75) is 12.8 Å². The first-order valence-corrected chi connectivity index (χ1v) is 10.1. The van der Waals surface area contributed by atoms with E-state index in [4.69, 9.17) is 16.6 Å². The van der Waals surface area contributed by atoms with E-state index in [1.165, 1.54) is 0 Å². The van der Waals surface area contributed by atoms with Gasteiger partial charge in [0.2, 0.25) is 5.95 Å². The minimum absolute atomic E-state index is 0.0690. The average Bonchev–Trinajstić information content (AvgIpc) is 2.76. The fourth-order valence-electron chi connectivity index (χ4n) is 3.82. The predicted molar refractivity (Wildman–Crippen MR) is 118 cm³/mol. The van der Waals surface area contributed by atoms with Crippen molar-refractivity contribution >= 4 is 23.1 Å². The van der Waals surface area contributed by atoms with Crippen molar-refractivity contribution in [1.82, 2.24) is 14.5 Å². The molecule has 1 aliphatic heterocycles. The third kappa shape index (κ3) is 4.10. The fourth-order valence-corrected chi connectivity index (χ4v) is 3.95. The number of hydrogen-bond donors (Lipinski definition) is 0. The van der Waals surface area contributed by atoms with Crippen LogP contribution in [0.2, 0.25) is 5.02 Å².